The van der Waals surface area contributed by atoms with Gasteiger partial charge in [0, 0.05) is 18.5 Å². The van der Waals surface area contributed by atoms with Crippen LogP contribution in [-0.2, 0) is 4.79 Å². The Morgan fingerprint density at radius 1 is 1.40 bits per heavy atom. The number of nitrogens with zero attached hydrogens (tertiary/aromatic N) is 1. The molecule has 0 aliphatic carbocycles. The van der Waals surface area contributed by atoms with Crippen LogP contribution in [0, 0.1) is 5.92 Å². The Hall–Kier alpha value is -0.530. The number of hydrogen-bond acceptors (Lipinski definition) is 1. The van der Waals surface area contributed by atoms with Crippen LogP contribution in [0.25, 0.3) is 0 Å². The van der Waals surface area contributed by atoms with Crippen molar-refractivity contribution in [3.8, 4) is 0 Å². The minimum Gasteiger partial charge on any atom is -0.340 e. The summed E-state index contributed by atoms with van der Waals surface area (Å²) in [6, 6.07) is 0.519. The molecule has 1 saturated heterocycles. The van der Waals surface area contributed by atoms with Crippen molar-refractivity contribution in [3.63, 3.8) is 0 Å². The fourth-order valence-corrected chi connectivity index (χ4v) is 2.55. The van der Waals surface area contributed by atoms with E-state index in [9.17, 15) is 4.79 Å². The fraction of sp³-hybridized carbons (Fsp3) is 0.923. The Morgan fingerprint density at radius 2 is 2.13 bits per heavy atom. The Bertz CT molecular complexity index is 203. The molecule has 0 spiro atoms. The predicted octanol–water partition coefficient (Wildman–Crippen LogP) is 3.21. The lowest BCUT2D eigenvalue weighted by molar-refractivity contribution is -0.139. The molecule has 2 nitrogen and oxygen atoms in total. The van der Waals surface area contributed by atoms with Gasteiger partial charge in [-0.05, 0) is 32.1 Å². The van der Waals surface area contributed by atoms with E-state index in [1.165, 1.54) is 19.3 Å². The zero-order valence-electron chi connectivity index (χ0n) is 10.5. The number of hydrogen-bond donors (Lipinski definition) is 0. The molecule has 1 aliphatic heterocycles. The van der Waals surface area contributed by atoms with Crippen LogP contribution in [0.4, 0.5) is 0 Å². The molecule has 1 amide bonds. The molecule has 88 valence electrons. The van der Waals surface area contributed by atoms with E-state index in [1.54, 1.807) is 0 Å². The minimum atomic E-state index is 0.224. The summed E-state index contributed by atoms with van der Waals surface area (Å²) in [6.07, 6.45) is 6.96. The second-order valence-electron chi connectivity index (χ2n) is 4.78. The van der Waals surface area contributed by atoms with Gasteiger partial charge in [0.2, 0.25) is 5.91 Å². The van der Waals surface area contributed by atoms with Crippen LogP contribution in [0.5, 0.6) is 0 Å². The number of carbonyl (C=O) groups excluding carboxylic acids is 1. The van der Waals surface area contributed by atoms with Crippen LogP contribution < -0.4 is 0 Å². The molecule has 2 atom stereocenters. The van der Waals surface area contributed by atoms with E-state index in [-0.39, 0.29) is 5.92 Å². The molecule has 0 N–H and O–H groups in total. The Balaban J connectivity index is 2.55. The van der Waals surface area contributed by atoms with E-state index in [0.29, 0.717) is 11.9 Å². The predicted molar refractivity (Wildman–Crippen MR) is 63.7 cm³/mol. The van der Waals surface area contributed by atoms with Crippen LogP contribution in [0.1, 0.15) is 59.3 Å². The quantitative estimate of drug-likeness (QED) is 0.699. The largest absolute Gasteiger partial charge is 0.340 e. The fourth-order valence-electron chi connectivity index (χ4n) is 2.55. The lowest BCUT2D eigenvalue weighted by Gasteiger charge is -2.37. The molecule has 1 aliphatic rings. The minimum absolute atomic E-state index is 0.224. The normalized spacial score (nSPS) is 23.9. The molecule has 1 heterocycles. The second kappa shape index (κ2) is 6.14. The maximum atomic E-state index is 12.2. The first-order chi connectivity index (χ1) is 7.20. The highest BCUT2D eigenvalue weighted by Crippen LogP contribution is 2.22. The van der Waals surface area contributed by atoms with Crippen LogP contribution in [0.2, 0.25) is 0 Å². The van der Waals surface area contributed by atoms with Gasteiger partial charge in [0.15, 0.2) is 0 Å². The molecule has 0 saturated carbocycles. The molecule has 0 aromatic rings. The van der Waals surface area contributed by atoms with Crippen molar-refractivity contribution < 1.29 is 4.79 Å². The topological polar surface area (TPSA) is 20.3 Å². The van der Waals surface area contributed by atoms with Gasteiger partial charge in [0.05, 0.1) is 0 Å². The lowest BCUT2D eigenvalue weighted by atomic mass is 9.96. The summed E-state index contributed by atoms with van der Waals surface area (Å²) in [5.74, 6) is 0.616. The third-order valence-corrected chi connectivity index (χ3v) is 3.52. The summed E-state index contributed by atoms with van der Waals surface area (Å²) in [6.45, 7) is 7.41. The molecular weight excluding hydrogens is 186 g/mol. The van der Waals surface area contributed by atoms with Crippen molar-refractivity contribution in [1.82, 2.24) is 4.90 Å². The number of carbonyl (C=O) groups is 1. The summed E-state index contributed by atoms with van der Waals surface area (Å²) in [5, 5.41) is 0. The first-order valence-electron chi connectivity index (χ1n) is 6.51. The van der Waals surface area contributed by atoms with E-state index >= 15 is 0 Å². The smallest absolute Gasteiger partial charge is 0.225 e. The molecule has 15 heavy (non-hydrogen) atoms. The van der Waals surface area contributed by atoms with Crippen LogP contribution >= 0.6 is 0 Å². The lowest BCUT2D eigenvalue weighted by Crippen LogP contribution is -2.45. The number of rotatable bonds is 4. The Kier molecular flexibility index (Phi) is 5.13. The molecular formula is C13H25NO. The van der Waals surface area contributed by atoms with Crippen molar-refractivity contribution in [2.75, 3.05) is 6.54 Å². The zero-order valence-corrected chi connectivity index (χ0v) is 10.5. The summed E-state index contributed by atoms with van der Waals surface area (Å²) >= 11 is 0. The van der Waals surface area contributed by atoms with Crippen LogP contribution in [-0.4, -0.2) is 23.4 Å². The van der Waals surface area contributed by atoms with Gasteiger partial charge >= 0.3 is 0 Å². The maximum Gasteiger partial charge on any atom is 0.225 e. The van der Waals surface area contributed by atoms with Gasteiger partial charge in [0.25, 0.3) is 0 Å². The van der Waals surface area contributed by atoms with Crippen molar-refractivity contribution in [2.45, 2.75) is 65.3 Å². The summed E-state index contributed by atoms with van der Waals surface area (Å²) in [4.78, 5) is 14.3. The highest BCUT2D eigenvalue weighted by atomic mass is 16.2. The van der Waals surface area contributed by atoms with Crippen molar-refractivity contribution >= 4 is 5.91 Å². The SMILES string of the molecule is CCC[C@H](C)C(=O)N1CCCC[C@H]1CC. The van der Waals surface area contributed by atoms with E-state index in [4.69, 9.17) is 0 Å². The molecule has 0 aromatic heterocycles. The molecule has 0 aromatic carbocycles. The van der Waals surface area contributed by atoms with Crippen LogP contribution in [0.3, 0.4) is 0 Å². The van der Waals surface area contributed by atoms with Gasteiger partial charge < -0.3 is 4.90 Å². The van der Waals surface area contributed by atoms with Gasteiger partial charge in [-0.2, -0.15) is 0 Å². The van der Waals surface area contributed by atoms with Gasteiger partial charge in [-0.1, -0.05) is 27.2 Å². The van der Waals surface area contributed by atoms with Gasteiger partial charge in [-0.15, -0.1) is 0 Å². The van der Waals surface area contributed by atoms with Gasteiger partial charge in [-0.3, -0.25) is 4.79 Å². The molecule has 0 bridgehead atoms. The zero-order chi connectivity index (χ0) is 11.3. The van der Waals surface area contributed by atoms with E-state index in [1.807, 2.05) is 0 Å². The van der Waals surface area contributed by atoms with Crippen molar-refractivity contribution in [1.29, 1.82) is 0 Å². The molecule has 1 fully saturated rings. The van der Waals surface area contributed by atoms with Crippen LogP contribution in [0.15, 0.2) is 0 Å². The van der Waals surface area contributed by atoms with Crippen molar-refractivity contribution in [2.24, 2.45) is 5.92 Å². The molecule has 0 unspecified atom stereocenters. The average molecular weight is 211 g/mol. The molecule has 2 heteroatoms. The first kappa shape index (κ1) is 12.5. The maximum absolute atomic E-state index is 12.2. The summed E-state index contributed by atoms with van der Waals surface area (Å²) in [5.41, 5.74) is 0. The monoisotopic (exact) mass is 211 g/mol. The Morgan fingerprint density at radius 3 is 2.73 bits per heavy atom. The molecule has 0 radical (unpaired) electrons. The third kappa shape index (κ3) is 3.22. The Labute approximate surface area is 94.0 Å². The number of amides is 1. The highest BCUT2D eigenvalue weighted by molar-refractivity contribution is 5.78. The second-order valence-corrected chi connectivity index (χ2v) is 4.78. The van der Waals surface area contributed by atoms with E-state index < -0.39 is 0 Å². The van der Waals surface area contributed by atoms with Gasteiger partial charge in [0.1, 0.15) is 0 Å². The third-order valence-electron chi connectivity index (χ3n) is 3.52. The number of likely N-dealkylation sites (tertiary alicyclic amines) is 1. The van der Waals surface area contributed by atoms with E-state index in [0.717, 1.165) is 25.8 Å². The van der Waals surface area contributed by atoms with Gasteiger partial charge in [-0.25, -0.2) is 0 Å². The van der Waals surface area contributed by atoms with Crippen molar-refractivity contribution in [3.05, 3.63) is 0 Å². The molecule has 1 rings (SSSR count). The standard InChI is InChI=1S/C13H25NO/c1-4-8-11(3)13(15)14-10-7-6-9-12(14)5-2/h11-12H,4-10H2,1-3H3/t11-,12+/m0/s1. The average Bonchev–Trinajstić information content (AvgIpc) is 2.28. The summed E-state index contributed by atoms with van der Waals surface area (Å²) in [7, 11) is 0. The summed E-state index contributed by atoms with van der Waals surface area (Å²) < 4.78 is 0. The highest BCUT2D eigenvalue weighted by Gasteiger charge is 2.27. The number of piperidine rings is 1. The van der Waals surface area contributed by atoms with E-state index in [2.05, 4.69) is 25.7 Å². The first-order valence-corrected chi connectivity index (χ1v) is 6.51.